The quantitative estimate of drug-likeness (QED) is 0.642. The van der Waals surface area contributed by atoms with Crippen LogP contribution in [-0.4, -0.2) is 37.5 Å². The predicted octanol–water partition coefficient (Wildman–Crippen LogP) is 4.77. The molecule has 1 spiro atoms. The summed E-state index contributed by atoms with van der Waals surface area (Å²) >= 11 is 1.80. The number of rotatable bonds is 7. The lowest BCUT2D eigenvalue weighted by molar-refractivity contribution is -0.109. The average Bonchev–Trinajstić information content (AvgIpc) is 3.35. The average molecular weight is 388 g/mol. The van der Waals surface area contributed by atoms with Gasteiger partial charge < -0.3 is 14.2 Å². The van der Waals surface area contributed by atoms with E-state index in [9.17, 15) is 0 Å². The highest BCUT2D eigenvalue weighted by Crippen LogP contribution is 2.47. The highest BCUT2D eigenvalue weighted by atomic mass is 32.1. The van der Waals surface area contributed by atoms with Gasteiger partial charge in [0.05, 0.1) is 19.3 Å². The Labute approximate surface area is 165 Å². The minimum absolute atomic E-state index is 0.104. The Hall–Kier alpha value is -1.43. The lowest BCUT2D eigenvalue weighted by Gasteiger charge is -2.45. The van der Waals surface area contributed by atoms with Crippen LogP contribution < -0.4 is 4.74 Å². The molecule has 0 bridgehead atoms. The predicted molar refractivity (Wildman–Crippen MR) is 108 cm³/mol. The van der Waals surface area contributed by atoms with Gasteiger partial charge in [0.25, 0.3) is 0 Å². The summed E-state index contributed by atoms with van der Waals surface area (Å²) in [7, 11) is 1.76. The molecule has 4 rings (SSSR count). The third-order valence-electron chi connectivity index (χ3n) is 6.16. The van der Waals surface area contributed by atoms with Crippen LogP contribution in [0.4, 0.5) is 0 Å². The number of methoxy groups -OCH3 is 1. The van der Waals surface area contributed by atoms with Crippen LogP contribution in [0.25, 0.3) is 0 Å². The van der Waals surface area contributed by atoms with E-state index in [4.69, 9.17) is 19.2 Å². The molecule has 0 saturated carbocycles. The van der Waals surface area contributed by atoms with Crippen LogP contribution in [0.1, 0.15) is 49.1 Å². The molecule has 5 heteroatoms. The van der Waals surface area contributed by atoms with Crippen molar-refractivity contribution < 1.29 is 14.2 Å². The van der Waals surface area contributed by atoms with Gasteiger partial charge >= 0.3 is 0 Å². The zero-order valence-corrected chi connectivity index (χ0v) is 16.9. The summed E-state index contributed by atoms with van der Waals surface area (Å²) in [6, 6.07) is 8.40. The molecule has 0 unspecified atom stereocenters. The molecule has 4 nitrogen and oxygen atoms in total. The van der Waals surface area contributed by atoms with Gasteiger partial charge in [0.2, 0.25) is 0 Å². The van der Waals surface area contributed by atoms with Crippen LogP contribution >= 0.6 is 11.3 Å². The first-order valence-electron chi connectivity index (χ1n) is 9.99. The van der Waals surface area contributed by atoms with Gasteiger partial charge in [0.15, 0.2) is 0 Å². The van der Waals surface area contributed by atoms with Gasteiger partial charge in [-0.05, 0) is 55.7 Å². The lowest BCUT2D eigenvalue weighted by Crippen LogP contribution is -2.48. The molecule has 0 aromatic carbocycles. The molecule has 27 heavy (non-hydrogen) atoms. The number of unbranched alkanes of at least 4 members (excludes halogenated alkanes) is 1. The number of aromatic nitrogens is 1. The fourth-order valence-corrected chi connectivity index (χ4v) is 5.62. The topological polar surface area (TPSA) is 40.6 Å². The first kappa shape index (κ1) is 18.9. The van der Waals surface area contributed by atoms with E-state index < -0.39 is 0 Å². The van der Waals surface area contributed by atoms with Crippen LogP contribution in [0.5, 0.6) is 5.75 Å². The second-order valence-electron chi connectivity index (χ2n) is 7.88. The van der Waals surface area contributed by atoms with E-state index in [2.05, 4.69) is 23.6 Å². The van der Waals surface area contributed by atoms with Gasteiger partial charge in [-0.2, -0.15) is 0 Å². The zero-order chi connectivity index (χ0) is 18.6. The molecular weight excluding hydrogens is 358 g/mol. The van der Waals surface area contributed by atoms with Crippen LogP contribution in [0, 0.1) is 0 Å². The summed E-state index contributed by atoms with van der Waals surface area (Å²) in [5.74, 6) is 1.03. The molecule has 0 radical (unpaired) electrons. The SMILES string of the molecule is COc1ccsc1CCCC[C@@]1(c2ccccn2)CCO[C@]2(CCOC2)C1. The molecule has 2 atom stereocenters. The van der Waals surface area contributed by atoms with Crippen molar-refractivity contribution in [3.63, 3.8) is 0 Å². The normalized spacial score (nSPS) is 27.9. The van der Waals surface area contributed by atoms with E-state index in [1.807, 2.05) is 12.3 Å². The summed E-state index contributed by atoms with van der Waals surface area (Å²) < 4.78 is 17.4. The van der Waals surface area contributed by atoms with Crippen molar-refractivity contribution in [3.05, 3.63) is 46.4 Å². The highest BCUT2D eigenvalue weighted by Gasteiger charge is 2.49. The Morgan fingerprint density at radius 1 is 1.19 bits per heavy atom. The fourth-order valence-electron chi connectivity index (χ4n) is 4.74. The molecule has 0 amide bonds. The molecule has 146 valence electrons. The molecular formula is C22H29NO3S. The number of thiophene rings is 1. The van der Waals surface area contributed by atoms with Gasteiger partial charge in [-0.15, -0.1) is 11.3 Å². The Bertz CT molecular complexity index is 726. The van der Waals surface area contributed by atoms with Crippen LogP contribution in [-0.2, 0) is 21.3 Å². The number of aryl methyl sites for hydroxylation is 1. The van der Waals surface area contributed by atoms with Crippen molar-refractivity contribution in [2.24, 2.45) is 0 Å². The lowest BCUT2D eigenvalue weighted by atomic mass is 9.67. The maximum Gasteiger partial charge on any atom is 0.132 e. The Morgan fingerprint density at radius 3 is 2.93 bits per heavy atom. The summed E-state index contributed by atoms with van der Waals surface area (Å²) in [5.41, 5.74) is 1.23. The van der Waals surface area contributed by atoms with Gasteiger partial charge in [-0.25, -0.2) is 0 Å². The van der Waals surface area contributed by atoms with Gasteiger partial charge in [-0.1, -0.05) is 12.5 Å². The first-order chi connectivity index (χ1) is 13.3. The standard InChI is InChI=1S/C22H29NO3S/c1-24-18-8-15-27-19(18)6-2-4-9-21(20-7-3-5-12-23-20)10-14-26-22(16-21)11-13-25-17-22/h3,5,7-8,12,15H,2,4,6,9-11,13-14,16-17H2,1H3/t21-,22-/m1/s1. The first-order valence-corrected chi connectivity index (χ1v) is 10.9. The van der Waals surface area contributed by atoms with E-state index in [0.29, 0.717) is 0 Å². The van der Waals surface area contributed by atoms with Crippen molar-refractivity contribution in [2.45, 2.75) is 56.0 Å². The second kappa shape index (κ2) is 8.29. The Kier molecular flexibility index (Phi) is 5.81. The minimum Gasteiger partial charge on any atom is -0.496 e. The van der Waals surface area contributed by atoms with Gasteiger partial charge in [0, 0.05) is 41.8 Å². The molecule has 2 aliphatic heterocycles. The van der Waals surface area contributed by atoms with E-state index in [1.54, 1.807) is 18.4 Å². The third-order valence-corrected chi connectivity index (χ3v) is 7.12. The summed E-state index contributed by atoms with van der Waals surface area (Å²) in [4.78, 5) is 6.13. The fraction of sp³-hybridized carbons (Fsp3) is 0.591. The minimum atomic E-state index is -0.104. The summed E-state index contributed by atoms with van der Waals surface area (Å²) in [6.07, 6.45) is 9.62. The summed E-state index contributed by atoms with van der Waals surface area (Å²) in [6.45, 7) is 2.35. The number of hydrogen-bond acceptors (Lipinski definition) is 5. The van der Waals surface area contributed by atoms with Gasteiger partial charge in [0.1, 0.15) is 5.75 Å². The highest BCUT2D eigenvalue weighted by molar-refractivity contribution is 7.10. The van der Waals surface area contributed by atoms with Crippen LogP contribution in [0.15, 0.2) is 35.8 Å². The third kappa shape index (κ3) is 4.05. The van der Waals surface area contributed by atoms with E-state index >= 15 is 0 Å². The van der Waals surface area contributed by atoms with E-state index in [-0.39, 0.29) is 11.0 Å². The second-order valence-corrected chi connectivity index (χ2v) is 8.88. The van der Waals surface area contributed by atoms with Crippen LogP contribution in [0.2, 0.25) is 0 Å². The number of hydrogen-bond donors (Lipinski definition) is 0. The van der Waals surface area contributed by atoms with E-state index in [0.717, 1.165) is 57.7 Å². The van der Waals surface area contributed by atoms with Crippen molar-refractivity contribution in [1.82, 2.24) is 4.98 Å². The van der Waals surface area contributed by atoms with Crippen molar-refractivity contribution in [2.75, 3.05) is 26.9 Å². The van der Waals surface area contributed by atoms with E-state index in [1.165, 1.54) is 23.4 Å². The van der Waals surface area contributed by atoms with Crippen molar-refractivity contribution in [1.29, 1.82) is 0 Å². The maximum atomic E-state index is 6.23. The maximum absolute atomic E-state index is 6.23. The largest absolute Gasteiger partial charge is 0.496 e. The number of ether oxygens (including phenoxy) is 3. The number of pyridine rings is 1. The van der Waals surface area contributed by atoms with Crippen LogP contribution in [0.3, 0.4) is 0 Å². The molecule has 2 saturated heterocycles. The summed E-state index contributed by atoms with van der Waals surface area (Å²) in [5, 5.41) is 2.12. The molecule has 2 fully saturated rings. The van der Waals surface area contributed by atoms with Gasteiger partial charge in [-0.3, -0.25) is 4.98 Å². The van der Waals surface area contributed by atoms with Crippen molar-refractivity contribution >= 4 is 11.3 Å². The molecule has 0 aliphatic carbocycles. The zero-order valence-electron chi connectivity index (χ0n) is 16.1. The molecule has 4 heterocycles. The Balaban J connectivity index is 1.46. The molecule has 2 aromatic heterocycles. The molecule has 2 aliphatic rings. The molecule has 0 N–H and O–H groups in total. The monoisotopic (exact) mass is 387 g/mol. The Morgan fingerprint density at radius 2 is 2.15 bits per heavy atom. The smallest absolute Gasteiger partial charge is 0.132 e. The van der Waals surface area contributed by atoms with Crippen molar-refractivity contribution in [3.8, 4) is 5.75 Å². The number of nitrogens with zero attached hydrogens (tertiary/aromatic N) is 1. The molecule has 2 aromatic rings.